The minimum absolute atomic E-state index is 0.125. The van der Waals surface area contributed by atoms with E-state index in [2.05, 4.69) is 5.32 Å². The van der Waals surface area contributed by atoms with Crippen molar-refractivity contribution in [1.82, 2.24) is 5.32 Å². The molecule has 0 bridgehead atoms. The van der Waals surface area contributed by atoms with Crippen LogP contribution in [0.4, 0.5) is 5.88 Å². The third kappa shape index (κ3) is 3.30. The largest absolute Gasteiger partial charge is 0.433 e. The monoisotopic (exact) mass is 274 g/mol. The summed E-state index contributed by atoms with van der Waals surface area (Å²) in [6, 6.07) is 2.84. The van der Waals surface area contributed by atoms with E-state index in [1.807, 2.05) is 0 Å². The first-order valence-corrected chi connectivity index (χ1v) is 7.43. The molecule has 0 spiro atoms. The maximum atomic E-state index is 11.2. The van der Waals surface area contributed by atoms with Crippen LogP contribution in [0.2, 0.25) is 0 Å². The molecule has 100 valence electrons. The Morgan fingerprint density at radius 3 is 2.83 bits per heavy atom. The Morgan fingerprint density at radius 1 is 1.50 bits per heavy atom. The van der Waals surface area contributed by atoms with Crippen molar-refractivity contribution in [3.05, 3.63) is 28.0 Å². The lowest BCUT2D eigenvalue weighted by Crippen LogP contribution is -2.23. The van der Waals surface area contributed by atoms with Gasteiger partial charge < -0.3 is 9.73 Å². The van der Waals surface area contributed by atoms with E-state index in [1.54, 1.807) is 0 Å². The molecule has 18 heavy (non-hydrogen) atoms. The highest BCUT2D eigenvalue weighted by molar-refractivity contribution is 7.91. The van der Waals surface area contributed by atoms with Gasteiger partial charge in [0.2, 0.25) is 0 Å². The fraction of sp³-hybridized carbons (Fsp3) is 0.600. The van der Waals surface area contributed by atoms with Crippen molar-refractivity contribution in [1.29, 1.82) is 0 Å². The summed E-state index contributed by atoms with van der Waals surface area (Å²) in [6.45, 7) is 0.943. The first-order chi connectivity index (χ1) is 8.46. The van der Waals surface area contributed by atoms with Crippen LogP contribution in [0.1, 0.15) is 12.2 Å². The molecule has 0 aromatic carbocycles. The van der Waals surface area contributed by atoms with Gasteiger partial charge in [0.05, 0.1) is 24.1 Å². The standard InChI is InChI=1S/C10H14N2O5S/c13-12(14)10-2-1-9(17-10)6-11-5-8-3-4-18(15,16)7-8/h1-2,8,11H,3-7H2. The lowest BCUT2D eigenvalue weighted by atomic mass is 10.1. The summed E-state index contributed by atoms with van der Waals surface area (Å²) in [4.78, 5) is 9.80. The van der Waals surface area contributed by atoms with Gasteiger partial charge >= 0.3 is 5.88 Å². The third-order valence-corrected chi connectivity index (χ3v) is 4.72. The normalized spacial score (nSPS) is 22.1. The van der Waals surface area contributed by atoms with Gasteiger partial charge in [-0.3, -0.25) is 10.1 Å². The van der Waals surface area contributed by atoms with Gasteiger partial charge in [0, 0.05) is 0 Å². The Morgan fingerprint density at radius 2 is 2.28 bits per heavy atom. The van der Waals surface area contributed by atoms with Gasteiger partial charge in [0.15, 0.2) is 9.84 Å². The van der Waals surface area contributed by atoms with Gasteiger partial charge in [-0.15, -0.1) is 0 Å². The molecule has 7 nitrogen and oxygen atoms in total. The molecule has 1 aliphatic rings. The highest BCUT2D eigenvalue weighted by Gasteiger charge is 2.27. The fourth-order valence-corrected chi connectivity index (χ4v) is 3.85. The summed E-state index contributed by atoms with van der Waals surface area (Å²) in [5, 5.41) is 13.4. The molecule has 2 rings (SSSR count). The van der Waals surface area contributed by atoms with Crippen molar-refractivity contribution in [2.45, 2.75) is 13.0 Å². The summed E-state index contributed by atoms with van der Waals surface area (Å²) in [7, 11) is -2.85. The van der Waals surface area contributed by atoms with Gasteiger partial charge in [0.1, 0.15) is 10.7 Å². The first kappa shape index (κ1) is 13.0. The minimum Gasteiger partial charge on any atom is -0.404 e. The molecule has 2 heterocycles. The lowest BCUT2D eigenvalue weighted by Gasteiger charge is -2.07. The van der Waals surface area contributed by atoms with E-state index in [9.17, 15) is 18.5 Å². The number of nitro groups is 1. The Hall–Kier alpha value is -1.41. The van der Waals surface area contributed by atoms with Gasteiger partial charge in [-0.1, -0.05) is 0 Å². The molecular formula is C10H14N2O5S. The number of sulfone groups is 1. The molecule has 1 atom stereocenters. The smallest absolute Gasteiger partial charge is 0.404 e. The molecule has 0 radical (unpaired) electrons. The highest BCUT2D eigenvalue weighted by Crippen LogP contribution is 2.18. The first-order valence-electron chi connectivity index (χ1n) is 5.60. The Bertz CT molecular complexity index is 536. The Labute approximate surface area is 104 Å². The molecular weight excluding hydrogens is 260 g/mol. The average Bonchev–Trinajstić information content (AvgIpc) is 2.86. The van der Waals surface area contributed by atoms with Crippen molar-refractivity contribution in [2.24, 2.45) is 5.92 Å². The second-order valence-corrected chi connectivity index (χ2v) is 6.63. The molecule has 1 aromatic heterocycles. The van der Waals surface area contributed by atoms with Crippen molar-refractivity contribution in [3.8, 4) is 0 Å². The van der Waals surface area contributed by atoms with Crippen LogP contribution in [0.25, 0.3) is 0 Å². The van der Waals surface area contributed by atoms with E-state index in [1.165, 1.54) is 12.1 Å². The van der Waals surface area contributed by atoms with Crippen LogP contribution in [0, 0.1) is 16.0 Å². The fourth-order valence-electron chi connectivity index (χ4n) is 1.99. The van der Waals surface area contributed by atoms with Gasteiger partial charge in [-0.2, -0.15) is 0 Å². The highest BCUT2D eigenvalue weighted by atomic mass is 32.2. The van der Waals surface area contributed by atoms with Crippen LogP contribution in [-0.4, -0.2) is 31.4 Å². The summed E-state index contributed by atoms with van der Waals surface area (Å²) >= 11 is 0. The quantitative estimate of drug-likeness (QED) is 0.626. The minimum atomic E-state index is -2.85. The molecule has 0 amide bonds. The lowest BCUT2D eigenvalue weighted by molar-refractivity contribution is -0.402. The van der Waals surface area contributed by atoms with Crippen molar-refractivity contribution in [3.63, 3.8) is 0 Å². The average molecular weight is 274 g/mol. The molecule has 0 saturated carbocycles. The zero-order valence-corrected chi connectivity index (χ0v) is 10.5. The van der Waals surface area contributed by atoms with Crippen molar-refractivity contribution in [2.75, 3.05) is 18.1 Å². The number of hydrogen-bond acceptors (Lipinski definition) is 6. The van der Waals surface area contributed by atoms with E-state index in [-0.39, 0.29) is 23.3 Å². The zero-order valence-electron chi connectivity index (χ0n) is 9.66. The van der Waals surface area contributed by atoms with Crippen LogP contribution in [-0.2, 0) is 16.4 Å². The van der Waals surface area contributed by atoms with E-state index < -0.39 is 14.8 Å². The van der Waals surface area contributed by atoms with Gasteiger partial charge in [-0.25, -0.2) is 8.42 Å². The van der Waals surface area contributed by atoms with Crippen LogP contribution in [0.3, 0.4) is 0 Å². The van der Waals surface area contributed by atoms with E-state index >= 15 is 0 Å². The Kier molecular flexibility index (Phi) is 3.67. The zero-order chi connectivity index (χ0) is 13.2. The van der Waals surface area contributed by atoms with E-state index in [0.29, 0.717) is 25.3 Å². The number of nitrogens with one attached hydrogen (secondary N) is 1. The number of nitrogens with zero attached hydrogens (tertiary/aromatic N) is 1. The molecule has 1 fully saturated rings. The summed E-state index contributed by atoms with van der Waals surface area (Å²) < 4.78 is 27.4. The van der Waals surface area contributed by atoms with Crippen LogP contribution in [0.15, 0.2) is 16.5 Å². The van der Waals surface area contributed by atoms with E-state index in [4.69, 9.17) is 4.42 Å². The molecule has 1 aromatic rings. The maximum absolute atomic E-state index is 11.2. The van der Waals surface area contributed by atoms with Crippen molar-refractivity contribution >= 4 is 15.7 Å². The summed E-state index contributed by atoms with van der Waals surface area (Å²) in [6.07, 6.45) is 0.674. The molecule has 1 unspecified atom stereocenters. The number of rotatable bonds is 5. The van der Waals surface area contributed by atoms with Crippen LogP contribution >= 0.6 is 0 Å². The topological polar surface area (TPSA) is 102 Å². The van der Waals surface area contributed by atoms with Gasteiger partial charge in [-0.05, 0) is 24.9 Å². The van der Waals surface area contributed by atoms with E-state index in [0.717, 1.165) is 0 Å². The predicted octanol–water partition coefficient (Wildman–Crippen LogP) is 0.712. The molecule has 1 N–H and O–H groups in total. The third-order valence-electron chi connectivity index (χ3n) is 2.89. The maximum Gasteiger partial charge on any atom is 0.433 e. The van der Waals surface area contributed by atoms with Crippen molar-refractivity contribution < 1.29 is 17.8 Å². The predicted molar refractivity (Wildman–Crippen MR) is 63.8 cm³/mol. The summed E-state index contributed by atoms with van der Waals surface area (Å²) in [5.74, 6) is 0.793. The number of hydrogen-bond donors (Lipinski definition) is 1. The molecule has 0 aliphatic carbocycles. The van der Waals surface area contributed by atoms with Crippen LogP contribution < -0.4 is 5.32 Å². The second-order valence-electron chi connectivity index (χ2n) is 4.40. The Balaban J connectivity index is 1.77. The van der Waals surface area contributed by atoms with Gasteiger partial charge in [0.25, 0.3) is 0 Å². The number of furan rings is 1. The molecule has 8 heteroatoms. The molecule has 1 aliphatic heterocycles. The second kappa shape index (κ2) is 5.07. The SMILES string of the molecule is O=[N+]([O-])c1ccc(CNCC2CCS(=O)(=O)C2)o1. The molecule has 1 saturated heterocycles. The van der Waals surface area contributed by atoms with Crippen LogP contribution in [0.5, 0.6) is 0 Å². The summed E-state index contributed by atoms with van der Waals surface area (Å²) in [5.41, 5.74) is 0.